The van der Waals surface area contributed by atoms with Gasteiger partial charge in [-0.15, -0.1) is 0 Å². The highest BCUT2D eigenvalue weighted by atomic mass is 16.5. The lowest BCUT2D eigenvalue weighted by Gasteiger charge is -2.27. The van der Waals surface area contributed by atoms with Gasteiger partial charge in [-0.25, -0.2) is 4.98 Å². The molecule has 3 heterocycles. The molecule has 0 atom stereocenters. The number of carbonyl (C=O) groups excluding carboxylic acids is 2. The lowest BCUT2D eigenvalue weighted by Crippen LogP contribution is -2.41. The lowest BCUT2D eigenvalue weighted by atomic mass is 10.0. The normalized spacial score (nSPS) is 14.3. The van der Waals surface area contributed by atoms with Crippen molar-refractivity contribution < 1.29 is 14.3 Å². The van der Waals surface area contributed by atoms with Gasteiger partial charge in [0.2, 0.25) is 0 Å². The Balaban J connectivity index is 1.57. The van der Waals surface area contributed by atoms with E-state index in [4.69, 9.17) is 4.74 Å². The summed E-state index contributed by atoms with van der Waals surface area (Å²) in [7, 11) is 0. The number of morpholine rings is 1. The zero-order chi connectivity index (χ0) is 19.7. The van der Waals surface area contributed by atoms with E-state index in [0.29, 0.717) is 43.1 Å². The van der Waals surface area contributed by atoms with Crippen molar-refractivity contribution in [2.75, 3.05) is 31.6 Å². The number of pyridine rings is 1. The molecule has 1 aromatic carbocycles. The Morgan fingerprint density at radius 2 is 1.93 bits per heavy atom. The number of aromatic nitrogens is 2. The van der Waals surface area contributed by atoms with Gasteiger partial charge < -0.3 is 19.4 Å². The summed E-state index contributed by atoms with van der Waals surface area (Å²) in [6.45, 7) is 6.08. The second-order valence-corrected chi connectivity index (χ2v) is 6.88. The van der Waals surface area contributed by atoms with Gasteiger partial charge in [-0.2, -0.15) is 0 Å². The first-order valence-electron chi connectivity index (χ1n) is 9.26. The first kappa shape index (κ1) is 18.2. The monoisotopic (exact) mass is 378 g/mol. The van der Waals surface area contributed by atoms with Gasteiger partial charge >= 0.3 is 0 Å². The van der Waals surface area contributed by atoms with Crippen LogP contribution in [-0.4, -0.2) is 52.4 Å². The number of nitrogens with one attached hydrogen (secondary N) is 1. The maximum atomic E-state index is 12.8. The molecule has 0 aliphatic carbocycles. The zero-order valence-corrected chi connectivity index (χ0v) is 15.9. The average Bonchev–Trinajstić information content (AvgIpc) is 3.10. The summed E-state index contributed by atoms with van der Waals surface area (Å²) in [6, 6.07) is 8.90. The van der Waals surface area contributed by atoms with Crippen LogP contribution in [-0.2, 0) is 4.74 Å². The molecule has 1 aliphatic heterocycles. The van der Waals surface area contributed by atoms with E-state index in [2.05, 4.69) is 10.3 Å². The second kappa shape index (κ2) is 7.44. The third-order valence-corrected chi connectivity index (χ3v) is 5.07. The quantitative estimate of drug-likeness (QED) is 0.760. The molecule has 2 amide bonds. The zero-order valence-electron chi connectivity index (χ0n) is 15.9. The highest BCUT2D eigenvalue weighted by Gasteiger charge is 2.21. The van der Waals surface area contributed by atoms with E-state index in [0.717, 1.165) is 16.9 Å². The molecule has 0 unspecified atom stereocenters. The fourth-order valence-electron chi connectivity index (χ4n) is 3.38. The Bertz CT molecular complexity index is 1050. The van der Waals surface area contributed by atoms with Gasteiger partial charge in [-0.3, -0.25) is 9.59 Å². The summed E-state index contributed by atoms with van der Waals surface area (Å²) in [5.74, 6) is -0.270. The molecule has 1 fully saturated rings. The standard InChI is InChI=1S/C21H22N4O3/c1-14-13-22-19-12-16(6-7-25(14)19)20(26)23-18-5-3-4-17(15(18)2)21(27)24-8-10-28-11-9-24/h3-7,12-13H,8-11H2,1-2H3,(H,23,26). The summed E-state index contributed by atoms with van der Waals surface area (Å²) in [5, 5.41) is 2.92. The second-order valence-electron chi connectivity index (χ2n) is 6.88. The fraction of sp³-hybridized carbons (Fsp3) is 0.286. The lowest BCUT2D eigenvalue weighted by molar-refractivity contribution is 0.0302. The third kappa shape index (κ3) is 3.36. The molecule has 0 bridgehead atoms. The number of carbonyl (C=O) groups is 2. The van der Waals surface area contributed by atoms with Crippen molar-refractivity contribution in [2.45, 2.75) is 13.8 Å². The number of nitrogens with zero attached hydrogens (tertiary/aromatic N) is 3. The minimum absolute atomic E-state index is 0.0359. The number of hydrogen-bond donors (Lipinski definition) is 1. The maximum Gasteiger partial charge on any atom is 0.255 e. The number of ether oxygens (including phenoxy) is 1. The van der Waals surface area contributed by atoms with Crippen molar-refractivity contribution in [1.29, 1.82) is 0 Å². The molecule has 144 valence electrons. The largest absolute Gasteiger partial charge is 0.378 e. The first-order chi connectivity index (χ1) is 13.5. The average molecular weight is 378 g/mol. The summed E-state index contributed by atoms with van der Waals surface area (Å²) in [4.78, 5) is 31.6. The fourth-order valence-corrected chi connectivity index (χ4v) is 3.38. The van der Waals surface area contributed by atoms with Crippen LogP contribution in [0.15, 0.2) is 42.7 Å². The van der Waals surface area contributed by atoms with E-state index in [1.165, 1.54) is 0 Å². The van der Waals surface area contributed by atoms with Crippen LogP contribution in [0.3, 0.4) is 0 Å². The van der Waals surface area contributed by atoms with Gasteiger partial charge in [-0.05, 0) is 43.7 Å². The van der Waals surface area contributed by atoms with Crippen LogP contribution in [0.25, 0.3) is 5.65 Å². The van der Waals surface area contributed by atoms with Crippen LogP contribution >= 0.6 is 0 Å². The Kier molecular flexibility index (Phi) is 4.83. The van der Waals surface area contributed by atoms with Crippen molar-refractivity contribution in [3.05, 3.63) is 65.1 Å². The number of benzene rings is 1. The number of imidazole rings is 1. The maximum absolute atomic E-state index is 12.8. The van der Waals surface area contributed by atoms with E-state index in [1.807, 2.05) is 30.5 Å². The highest BCUT2D eigenvalue weighted by molar-refractivity contribution is 6.06. The molecule has 0 radical (unpaired) electrons. The topological polar surface area (TPSA) is 75.9 Å². The number of fused-ring (bicyclic) bond motifs is 1. The van der Waals surface area contributed by atoms with Crippen molar-refractivity contribution >= 4 is 23.1 Å². The molecular weight excluding hydrogens is 356 g/mol. The van der Waals surface area contributed by atoms with Gasteiger partial charge in [0.25, 0.3) is 11.8 Å². The van der Waals surface area contributed by atoms with Gasteiger partial charge in [-0.1, -0.05) is 6.07 Å². The van der Waals surface area contributed by atoms with Crippen molar-refractivity contribution in [1.82, 2.24) is 14.3 Å². The molecule has 28 heavy (non-hydrogen) atoms. The minimum atomic E-state index is -0.234. The molecule has 1 N–H and O–H groups in total. The van der Waals surface area contributed by atoms with Crippen molar-refractivity contribution in [3.63, 3.8) is 0 Å². The van der Waals surface area contributed by atoms with E-state index < -0.39 is 0 Å². The van der Waals surface area contributed by atoms with E-state index in [-0.39, 0.29) is 11.8 Å². The van der Waals surface area contributed by atoms with Gasteiger partial charge in [0.15, 0.2) is 0 Å². The summed E-state index contributed by atoms with van der Waals surface area (Å²) >= 11 is 0. The smallest absolute Gasteiger partial charge is 0.255 e. The molecule has 1 aliphatic rings. The number of aryl methyl sites for hydroxylation is 1. The predicted octanol–water partition coefficient (Wildman–Crippen LogP) is 2.68. The van der Waals surface area contributed by atoms with Gasteiger partial charge in [0, 0.05) is 48.0 Å². The predicted molar refractivity (Wildman–Crippen MR) is 106 cm³/mol. The van der Waals surface area contributed by atoms with Crippen LogP contribution in [0.5, 0.6) is 0 Å². The minimum Gasteiger partial charge on any atom is -0.378 e. The van der Waals surface area contributed by atoms with Gasteiger partial charge in [0.05, 0.1) is 13.2 Å². The van der Waals surface area contributed by atoms with E-state index in [1.54, 1.807) is 35.4 Å². The van der Waals surface area contributed by atoms with Crippen LogP contribution < -0.4 is 5.32 Å². The molecule has 7 nitrogen and oxygen atoms in total. The summed E-state index contributed by atoms with van der Waals surface area (Å²) in [5.41, 5.74) is 4.22. The molecule has 0 saturated carbocycles. The molecule has 3 aromatic rings. The highest BCUT2D eigenvalue weighted by Crippen LogP contribution is 2.22. The Hall–Kier alpha value is -3.19. The molecular formula is C21H22N4O3. The van der Waals surface area contributed by atoms with Crippen molar-refractivity contribution in [3.8, 4) is 0 Å². The van der Waals surface area contributed by atoms with E-state index in [9.17, 15) is 9.59 Å². The molecule has 4 rings (SSSR count). The van der Waals surface area contributed by atoms with E-state index >= 15 is 0 Å². The first-order valence-corrected chi connectivity index (χ1v) is 9.26. The molecule has 2 aromatic heterocycles. The molecule has 0 spiro atoms. The summed E-state index contributed by atoms with van der Waals surface area (Å²) < 4.78 is 7.24. The van der Waals surface area contributed by atoms with Crippen LogP contribution in [0, 0.1) is 13.8 Å². The molecule has 1 saturated heterocycles. The number of amides is 2. The van der Waals surface area contributed by atoms with Crippen LogP contribution in [0.2, 0.25) is 0 Å². The van der Waals surface area contributed by atoms with Crippen LogP contribution in [0.1, 0.15) is 32.0 Å². The Morgan fingerprint density at radius 3 is 2.71 bits per heavy atom. The third-order valence-electron chi connectivity index (χ3n) is 5.07. The Labute approximate surface area is 162 Å². The van der Waals surface area contributed by atoms with Crippen molar-refractivity contribution in [2.24, 2.45) is 0 Å². The number of hydrogen-bond acceptors (Lipinski definition) is 4. The number of anilines is 1. The number of rotatable bonds is 3. The summed E-state index contributed by atoms with van der Waals surface area (Å²) in [6.07, 6.45) is 3.60. The Morgan fingerprint density at radius 1 is 1.14 bits per heavy atom. The SMILES string of the molecule is Cc1c(NC(=O)c2ccn3c(C)cnc3c2)cccc1C(=O)N1CCOCC1. The van der Waals surface area contributed by atoms with Crippen LogP contribution in [0.4, 0.5) is 5.69 Å². The van der Waals surface area contributed by atoms with Gasteiger partial charge in [0.1, 0.15) is 5.65 Å². The molecule has 7 heteroatoms.